The van der Waals surface area contributed by atoms with Crippen LogP contribution < -0.4 is 10.1 Å². The summed E-state index contributed by atoms with van der Waals surface area (Å²) < 4.78 is 10.2. The minimum absolute atomic E-state index is 0.0655. The Balaban J connectivity index is 2.73. The Labute approximate surface area is 113 Å². The van der Waals surface area contributed by atoms with E-state index in [1.807, 2.05) is 6.92 Å². The van der Waals surface area contributed by atoms with Crippen LogP contribution in [-0.4, -0.2) is 23.9 Å². The standard InChI is InChI=1S/C14H21NO4/c1-9(15-13(17)19-14(2,3)4)10-6-7-11(16)12(8-10)18-5/h6-9,16H,1-5H3,(H,15,17). The highest BCUT2D eigenvalue weighted by Crippen LogP contribution is 2.28. The van der Waals surface area contributed by atoms with Gasteiger partial charge in [-0.05, 0) is 45.4 Å². The van der Waals surface area contributed by atoms with Gasteiger partial charge in [-0.3, -0.25) is 0 Å². The molecule has 0 aromatic heterocycles. The maximum atomic E-state index is 11.6. The summed E-state index contributed by atoms with van der Waals surface area (Å²) >= 11 is 0. The molecule has 19 heavy (non-hydrogen) atoms. The van der Waals surface area contributed by atoms with E-state index in [-0.39, 0.29) is 11.8 Å². The number of methoxy groups -OCH3 is 1. The number of hydrogen-bond acceptors (Lipinski definition) is 4. The number of amides is 1. The quantitative estimate of drug-likeness (QED) is 0.883. The molecular weight excluding hydrogens is 246 g/mol. The van der Waals surface area contributed by atoms with Crippen LogP contribution >= 0.6 is 0 Å². The van der Waals surface area contributed by atoms with Crippen molar-refractivity contribution in [2.45, 2.75) is 39.3 Å². The van der Waals surface area contributed by atoms with Crippen molar-refractivity contribution in [3.05, 3.63) is 23.8 Å². The Hall–Kier alpha value is -1.91. The van der Waals surface area contributed by atoms with Crippen molar-refractivity contribution in [3.63, 3.8) is 0 Å². The van der Waals surface area contributed by atoms with Crippen LogP contribution in [0.4, 0.5) is 4.79 Å². The zero-order chi connectivity index (χ0) is 14.6. The van der Waals surface area contributed by atoms with Gasteiger partial charge in [0.1, 0.15) is 5.60 Å². The monoisotopic (exact) mass is 267 g/mol. The predicted molar refractivity (Wildman–Crippen MR) is 72.4 cm³/mol. The number of phenols is 1. The average molecular weight is 267 g/mol. The number of nitrogens with one attached hydrogen (secondary N) is 1. The van der Waals surface area contributed by atoms with Crippen LogP contribution in [0.1, 0.15) is 39.3 Å². The first-order valence-electron chi connectivity index (χ1n) is 6.09. The molecule has 0 heterocycles. The summed E-state index contributed by atoms with van der Waals surface area (Å²) in [7, 11) is 1.48. The second-order valence-corrected chi connectivity index (χ2v) is 5.30. The number of rotatable bonds is 3. The molecule has 1 atom stereocenters. The molecule has 1 amide bonds. The minimum Gasteiger partial charge on any atom is -0.504 e. The summed E-state index contributed by atoms with van der Waals surface area (Å²) in [5.41, 5.74) is 0.289. The average Bonchev–Trinajstić information content (AvgIpc) is 2.26. The molecular formula is C14H21NO4. The maximum absolute atomic E-state index is 11.6. The smallest absolute Gasteiger partial charge is 0.408 e. The molecule has 1 aromatic carbocycles. The number of aromatic hydroxyl groups is 1. The van der Waals surface area contributed by atoms with Crippen LogP contribution in [0, 0.1) is 0 Å². The first-order valence-corrected chi connectivity index (χ1v) is 6.09. The Morgan fingerprint density at radius 3 is 2.53 bits per heavy atom. The summed E-state index contributed by atoms with van der Waals surface area (Å²) in [4.78, 5) is 11.6. The van der Waals surface area contributed by atoms with Gasteiger partial charge < -0.3 is 19.9 Å². The molecule has 0 saturated heterocycles. The molecule has 0 bridgehead atoms. The third kappa shape index (κ3) is 4.69. The number of carbonyl (C=O) groups is 1. The van der Waals surface area contributed by atoms with Crippen molar-refractivity contribution in [1.29, 1.82) is 0 Å². The van der Waals surface area contributed by atoms with Crippen molar-refractivity contribution in [3.8, 4) is 11.5 Å². The van der Waals surface area contributed by atoms with Crippen molar-refractivity contribution in [1.82, 2.24) is 5.32 Å². The van der Waals surface area contributed by atoms with Gasteiger partial charge in [-0.25, -0.2) is 4.79 Å². The first-order chi connectivity index (χ1) is 8.73. The van der Waals surface area contributed by atoms with Crippen molar-refractivity contribution >= 4 is 6.09 Å². The molecule has 0 aliphatic carbocycles. The van der Waals surface area contributed by atoms with Gasteiger partial charge in [0, 0.05) is 0 Å². The lowest BCUT2D eigenvalue weighted by Crippen LogP contribution is -2.34. The van der Waals surface area contributed by atoms with Crippen molar-refractivity contribution < 1.29 is 19.4 Å². The van der Waals surface area contributed by atoms with E-state index in [1.54, 1.807) is 32.9 Å². The maximum Gasteiger partial charge on any atom is 0.408 e. The van der Waals surface area contributed by atoms with Crippen LogP contribution in [-0.2, 0) is 4.74 Å². The highest BCUT2D eigenvalue weighted by Gasteiger charge is 2.18. The summed E-state index contributed by atoms with van der Waals surface area (Å²) in [5, 5.41) is 12.2. The van der Waals surface area contributed by atoms with Crippen LogP contribution in [0.3, 0.4) is 0 Å². The fourth-order valence-corrected chi connectivity index (χ4v) is 1.53. The fourth-order valence-electron chi connectivity index (χ4n) is 1.53. The molecule has 0 fully saturated rings. The Morgan fingerprint density at radius 2 is 2.00 bits per heavy atom. The van der Waals surface area contributed by atoms with E-state index >= 15 is 0 Å². The number of benzene rings is 1. The molecule has 0 radical (unpaired) electrons. The lowest BCUT2D eigenvalue weighted by atomic mass is 10.1. The van der Waals surface area contributed by atoms with Crippen LogP contribution in [0.5, 0.6) is 11.5 Å². The van der Waals surface area contributed by atoms with Gasteiger partial charge in [0.2, 0.25) is 0 Å². The number of phenolic OH excluding ortho intramolecular Hbond substituents is 1. The molecule has 106 valence electrons. The topological polar surface area (TPSA) is 67.8 Å². The summed E-state index contributed by atoms with van der Waals surface area (Å²) in [6, 6.07) is 4.68. The summed E-state index contributed by atoms with van der Waals surface area (Å²) in [6.07, 6.45) is -0.480. The molecule has 5 heteroatoms. The molecule has 5 nitrogen and oxygen atoms in total. The van der Waals surface area contributed by atoms with E-state index in [0.717, 1.165) is 5.56 Å². The first kappa shape index (κ1) is 15.1. The molecule has 1 unspecified atom stereocenters. The molecule has 2 N–H and O–H groups in total. The molecule has 0 spiro atoms. The zero-order valence-corrected chi connectivity index (χ0v) is 12.0. The highest BCUT2D eigenvalue weighted by atomic mass is 16.6. The van der Waals surface area contributed by atoms with Gasteiger partial charge in [-0.15, -0.1) is 0 Å². The molecule has 0 aliphatic rings. The van der Waals surface area contributed by atoms with Gasteiger partial charge >= 0.3 is 6.09 Å². The van der Waals surface area contributed by atoms with Crippen LogP contribution in [0.25, 0.3) is 0 Å². The molecule has 1 rings (SSSR count). The van der Waals surface area contributed by atoms with Crippen molar-refractivity contribution in [2.24, 2.45) is 0 Å². The number of carbonyl (C=O) groups excluding carboxylic acids is 1. The Morgan fingerprint density at radius 1 is 1.37 bits per heavy atom. The van der Waals surface area contributed by atoms with E-state index in [9.17, 15) is 9.90 Å². The second-order valence-electron chi connectivity index (χ2n) is 5.30. The fraction of sp³-hybridized carbons (Fsp3) is 0.500. The molecule has 0 saturated carbocycles. The van der Waals surface area contributed by atoms with E-state index in [4.69, 9.17) is 9.47 Å². The Bertz CT molecular complexity index is 451. The van der Waals surface area contributed by atoms with Gasteiger partial charge in [0.15, 0.2) is 11.5 Å². The van der Waals surface area contributed by atoms with Gasteiger partial charge in [0.25, 0.3) is 0 Å². The summed E-state index contributed by atoms with van der Waals surface area (Å²) in [6.45, 7) is 7.25. The molecule has 0 aliphatic heterocycles. The largest absolute Gasteiger partial charge is 0.504 e. The minimum atomic E-state index is -0.531. The van der Waals surface area contributed by atoms with E-state index in [0.29, 0.717) is 5.75 Å². The van der Waals surface area contributed by atoms with Gasteiger partial charge in [-0.1, -0.05) is 6.07 Å². The third-order valence-corrected chi connectivity index (χ3v) is 2.44. The third-order valence-electron chi connectivity index (χ3n) is 2.44. The SMILES string of the molecule is COc1cc(C(C)NC(=O)OC(C)(C)C)ccc1O. The predicted octanol–water partition coefficient (Wildman–Crippen LogP) is 2.99. The Kier molecular flexibility index (Phi) is 4.64. The van der Waals surface area contributed by atoms with Crippen molar-refractivity contribution in [2.75, 3.05) is 7.11 Å². The van der Waals surface area contributed by atoms with Gasteiger partial charge in [0.05, 0.1) is 13.2 Å². The molecule has 1 aromatic rings. The zero-order valence-electron chi connectivity index (χ0n) is 12.0. The second kappa shape index (κ2) is 5.82. The lowest BCUT2D eigenvalue weighted by Gasteiger charge is -2.22. The number of hydrogen-bond donors (Lipinski definition) is 2. The highest BCUT2D eigenvalue weighted by molar-refractivity contribution is 5.68. The number of alkyl carbamates (subject to hydrolysis) is 1. The van der Waals surface area contributed by atoms with Crippen LogP contribution in [0.2, 0.25) is 0 Å². The number of ether oxygens (including phenoxy) is 2. The van der Waals surface area contributed by atoms with E-state index < -0.39 is 11.7 Å². The van der Waals surface area contributed by atoms with E-state index in [2.05, 4.69) is 5.32 Å². The normalized spacial score (nSPS) is 12.7. The van der Waals surface area contributed by atoms with Gasteiger partial charge in [-0.2, -0.15) is 0 Å². The van der Waals surface area contributed by atoms with Crippen LogP contribution in [0.15, 0.2) is 18.2 Å². The summed E-state index contributed by atoms with van der Waals surface area (Å²) in [5.74, 6) is 0.436. The lowest BCUT2D eigenvalue weighted by molar-refractivity contribution is 0.0508. The van der Waals surface area contributed by atoms with E-state index in [1.165, 1.54) is 13.2 Å².